The van der Waals surface area contributed by atoms with Crippen molar-refractivity contribution in [1.29, 1.82) is 0 Å². The van der Waals surface area contributed by atoms with Crippen LogP contribution in [0.25, 0.3) is 10.2 Å². The third-order valence-electron chi connectivity index (χ3n) is 5.41. The molecule has 7 nitrogen and oxygen atoms in total. The molecular formula is C19H20ClF3N4O3S. The van der Waals surface area contributed by atoms with Gasteiger partial charge < -0.3 is 19.9 Å². The lowest BCUT2D eigenvalue weighted by Crippen LogP contribution is -2.52. The van der Waals surface area contributed by atoms with Crippen molar-refractivity contribution in [3.8, 4) is 0 Å². The standard InChI is InChI=1S/C19H20ClF3N4O3S/c1-24-17(28)12-9-31-16-13(19(21,22)23)6-14(25-15(12)16)26-4-2-11(3-5-26)30-18(29)27-7-10(20)8-27/h6,9-11H,2-5,7-8H2,1H3,(H,24,28). The lowest BCUT2D eigenvalue weighted by Gasteiger charge is -2.37. The Hall–Kier alpha value is -2.27. The van der Waals surface area contributed by atoms with Crippen LogP contribution in [0.3, 0.4) is 0 Å². The Kier molecular flexibility index (Phi) is 5.91. The number of ether oxygens (including phenoxy) is 1. The highest BCUT2D eigenvalue weighted by Gasteiger charge is 2.37. The van der Waals surface area contributed by atoms with E-state index in [1.807, 2.05) is 0 Å². The molecule has 0 saturated carbocycles. The predicted molar refractivity (Wildman–Crippen MR) is 111 cm³/mol. The third kappa shape index (κ3) is 4.38. The first kappa shape index (κ1) is 21.9. The second kappa shape index (κ2) is 8.34. The van der Waals surface area contributed by atoms with E-state index in [4.69, 9.17) is 16.3 Å². The van der Waals surface area contributed by atoms with Gasteiger partial charge in [0, 0.05) is 51.4 Å². The van der Waals surface area contributed by atoms with E-state index in [-0.39, 0.29) is 33.1 Å². The van der Waals surface area contributed by atoms with Gasteiger partial charge in [0.15, 0.2) is 0 Å². The molecule has 2 aromatic rings. The number of carbonyl (C=O) groups is 2. The maximum absolute atomic E-state index is 13.7. The maximum Gasteiger partial charge on any atom is 0.417 e. The summed E-state index contributed by atoms with van der Waals surface area (Å²) in [5.41, 5.74) is -0.656. The van der Waals surface area contributed by atoms with Gasteiger partial charge in [0.1, 0.15) is 11.9 Å². The topological polar surface area (TPSA) is 74.8 Å². The first-order chi connectivity index (χ1) is 14.7. The molecule has 0 radical (unpaired) electrons. The van der Waals surface area contributed by atoms with E-state index in [0.717, 1.165) is 17.4 Å². The first-order valence-electron chi connectivity index (χ1n) is 9.73. The summed E-state index contributed by atoms with van der Waals surface area (Å²) in [7, 11) is 1.42. The number of pyridine rings is 1. The number of fused-ring (bicyclic) bond motifs is 1. The van der Waals surface area contributed by atoms with Crippen LogP contribution in [-0.2, 0) is 10.9 Å². The highest BCUT2D eigenvalue weighted by molar-refractivity contribution is 7.17. The Morgan fingerprint density at radius 3 is 2.55 bits per heavy atom. The molecular weight excluding hydrogens is 457 g/mol. The van der Waals surface area contributed by atoms with Crippen LogP contribution < -0.4 is 10.2 Å². The molecule has 2 aliphatic heterocycles. The van der Waals surface area contributed by atoms with Gasteiger partial charge in [0.05, 0.1) is 26.7 Å². The zero-order chi connectivity index (χ0) is 22.3. The quantitative estimate of drug-likeness (QED) is 0.684. The molecule has 2 amide bonds. The van der Waals surface area contributed by atoms with Gasteiger partial charge in [-0.25, -0.2) is 9.78 Å². The predicted octanol–water partition coefficient (Wildman–Crippen LogP) is 3.70. The normalized spacial score (nSPS) is 18.2. The largest absolute Gasteiger partial charge is 0.446 e. The average molecular weight is 477 g/mol. The summed E-state index contributed by atoms with van der Waals surface area (Å²) in [4.78, 5) is 31.8. The number of rotatable bonds is 3. The molecule has 0 unspecified atom stereocenters. The molecule has 168 valence electrons. The summed E-state index contributed by atoms with van der Waals surface area (Å²) in [6.45, 7) is 1.67. The molecule has 31 heavy (non-hydrogen) atoms. The van der Waals surface area contributed by atoms with Crippen LogP contribution in [0, 0.1) is 0 Å². The molecule has 0 aliphatic carbocycles. The second-order valence-corrected chi connectivity index (χ2v) is 9.00. The number of hydrogen-bond acceptors (Lipinski definition) is 6. The van der Waals surface area contributed by atoms with Crippen molar-refractivity contribution in [1.82, 2.24) is 15.2 Å². The van der Waals surface area contributed by atoms with Crippen molar-refractivity contribution in [2.75, 3.05) is 38.1 Å². The monoisotopic (exact) mass is 476 g/mol. The number of halogens is 4. The van der Waals surface area contributed by atoms with Crippen molar-refractivity contribution < 1.29 is 27.5 Å². The van der Waals surface area contributed by atoms with Gasteiger partial charge in [-0.3, -0.25) is 4.79 Å². The molecule has 2 aromatic heterocycles. The summed E-state index contributed by atoms with van der Waals surface area (Å²) in [6, 6.07) is 1.03. The minimum absolute atomic E-state index is 0.0381. The minimum atomic E-state index is -4.58. The van der Waals surface area contributed by atoms with E-state index in [1.165, 1.54) is 17.3 Å². The number of anilines is 1. The van der Waals surface area contributed by atoms with Gasteiger partial charge in [0.25, 0.3) is 5.91 Å². The fourth-order valence-electron chi connectivity index (χ4n) is 3.66. The number of amides is 2. The molecule has 2 aliphatic rings. The fourth-order valence-corrected chi connectivity index (χ4v) is 5.01. The van der Waals surface area contributed by atoms with Crippen LogP contribution in [0.15, 0.2) is 11.4 Å². The lowest BCUT2D eigenvalue weighted by molar-refractivity contribution is -0.136. The van der Waals surface area contributed by atoms with Crippen LogP contribution in [0.2, 0.25) is 0 Å². The molecule has 0 atom stereocenters. The third-order valence-corrected chi connectivity index (χ3v) is 6.69. The Morgan fingerprint density at radius 2 is 1.97 bits per heavy atom. The van der Waals surface area contributed by atoms with Gasteiger partial charge in [-0.05, 0) is 6.07 Å². The summed E-state index contributed by atoms with van der Waals surface area (Å²) in [6.07, 6.45) is -4.37. The van der Waals surface area contributed by atoms with Crippen molar-refractivity contribution >= 4 is 51.0 Å². The molecule has 0 spiro atoms. The van der Waals surface area contributed by atoms with Crippen LogP contribution in [0.4, 0.5) is 23.8 Å². The van der Waals surface area contributed by atoms with Gasteiger partial charge in [0.2, 0.25) is 0 Å². The van der Waals surface area contributed by atoms with E-state index in [9.17, 15) is 22.8 Å². The van der Waals surface area contributed by atoms with E-state index >= 15 is 0 Å². The summed E-state index contributed by atoms with van der Waals surface area (Å²) in [5, 5.41) is 3.78. The number of aromatic nitrogens is 1. The number of thiophene rings is 1. The van der Waals surface area contributed by atoms with Crippen LogP contribution in [0.5, 0.6) is 0 Å². The van der Waals surface area contributed by atoms with E-state index < -0.39 is 23.7 Å². The Bertz CT molecular complexity index is 1000. The SMILES string of the molecule is CNC(=O)c1csc2c(C(F)(F)F)cc(N3CCC(OC(=O)N4CC(Cl)C4)CC3)nc12. The molecule has 0 bridgehead atoms. The van der Waals surface area contributed by atoms with Gasteiger partial charge >= 0.3 is 12.3 Å². The average Bonchev–Trinajstić information content (AvgIpc) is 3.13. The Labute approximate surface area is 185 Å². The number of hydrogen-bond donors (Lipinski definition) is 1. The van der Waals surface area contributed by atoms with E-state index in [1.54, 1.807) is 4.90 Å². The molecule has 4 rings (SSSR count). The zero-order valence-corrected chi connectivity index (χ0v) is 18.1. The lowest BCUT2D eigenvalue weighted by atomic mass is 10.1. The molecule has 12 heteroatoms. The number of nitrogens with zero attached hydrogens (tertiary/aromatic N) is 3. The Balaban J connectivity index is 1.53. The number of alkyl halides is 4. The van der Waals surface area contributed by atoms with Gasteiger partial charge in [-0.1, -0.05) is 0 Å². The van der Waals surface area contributed by atoms with Crippen LogP contribution >= 0.6 is 22.9 Å². The van der Waals surface area contributed by atoms with Crippen LogP contribution in [-0.4, -0.2) is 66.6 Å². The minimum Gasteiger partial charge on any atom is -0.446 e. The van der Waals surface area contributed by atoms with Crippen LogP contribution in [0.1, 0.15) is 28.8 Å². The zero-order valence-electron chi connectivity index (χ0n) is 16.5. The van der Waals surface area contributed by atoms with Crippen molar-refractivity contribution in [2.45, 2.75) is 30.5 Å². The molecule has 2 saturated heterocycles. The maximum atomic E-state index is 13.7. The van der Waals surface area contributed by atoms with Crippen molar-refractivity contribution in [3.63, 3.8) is 0 Å². The smallest absolute Gasteiger partial charge is 0.417 e. The van der Waals surface area contributed by atoms with Gasteiger partial charge in [-0.2, -0.15) is 13.2 Å². The highest BCUT2D eigenvalue weighted by atomic mass is 35.5. The summed E-state index contributed by atoms with van der Waals surface area (Å²) in [5.74, 6) is -0.333. The molecule has 2 fully saturated rings. The summed E-state index contributed by atoms with van der Waals surface area (Å²) < 4.78 is 46.5. The van der Waals surface area contributed by atoms with E-state index in [0.29, 0.717) is 39.0 Å². The van der Waals surface area contributed by atoms with Crippen molar-refractivity contribution in [3.05, 3.63) is 22.6 Å². The van der Waals surface area contributed by atoms with E-state index in [2.05, 4.69) is 10.3 Å². The number of piperidine rings is 1. The second-order valence-electron chi connectivity index (χ2n) is 7.50. The molecule has 1 N–H and O–H groups in total. The molecule has 4 heterocycles. The summed E-state index contributed by atoms with van der Waals surface area (Å²) >= 11 is 6.72. The van der Waals surface area contributed by atoms with Gasteiger partial charge in [-0.15, -0.1) is 22.9 Å². The number of nitrogens with one attached hydrogen (secondary N) is 1. The Morgan fingerprint density at radius 1 is 1.29 bits per heavy atom. The number of carbonyl (C=O) groups excluding carboxylic acids is 2. The fraction of sp³-hybridized carbons (Fsp3) is 0.526. The molecule has 0 aromatic carbocycles. The highest BCUT2D eigenvalue weighted by Crippen LogP contribution is 2.40. The number of likely N-dealkylation sites (tertiary alicyclic amines) is 1. The first-order valence-corrected chi connectivity index (χ1v) is 11.0. The van der Waals surface area contributed by atoms with Crippen molar-refractivity contribution in [2.24, 2.45) is 0 Å².